The number of aryl methyl sites for hydroxylation is 1. The van der Waals surface area contributed by atoms with Gasteiger partial charge in [-0.25, -0.2) is 4.79 Å². The number of carboxylic acid groups (broad SMARTS) is 1. The summed E-state index contributed by atoms with van der Waals surface area (Å²) in [5, 5.41) is 14.9. The summed E-state index contributed by atoms with van der Waals surface area (Å²) in [5.41, 5.74) is 1.96. The molecular formula is C22H23ClN2O4. The van der Waals surface area contributed by atoms with Gasteiger partial charge in [0, 0.05) is 10.6 Å². The summed E-state index contributed by atoms with van der Waals surface area (Å²) in [5.74, 6) is -2.28. The highest BCUT2D eigenvalue weighted by Crippen LogP contribution is 2.13. The molecule has 152 valence electrons. The maximum atomic E-state index is 12.7. The van der Waals surface area contributed by atoms with Crippen molar-refractivity contribution in [3.05, 3.63) is 75.9 Å². The molecule has 6 nitrogen and oxygen atoms in total. The predicted octanol–water partition coefficient (Wildman–Crippen LogP) is 3.79. The van der Waals surface area contributed by atoms with E-state index in [1.807, 2.05) is 13.8 Å². The van der Waals surface area contributed by atoms with E-state index in [2.05, 4.69) is 10.6 Å². The van der Waals surface area contributed by atoms with Gasteiger partial charge in [0.2, 0.25) is 0 Å². The molecule has 0 saturated heterocycles. The molecule has 0 unspecified atom stereocenters. The predicted molar refractivity (Wildman–Crippen MR) is 113 cm³/mol. The molecule has 0 aliphatic carbocycles. The number of amides is 2. The van der Waals surface area contributed by atoms with E-state index in [-0.39, 0.29) is 12.1 Å². The fourth-order valence-electron chi connectivity index (χ4n) is 2.57. The lowest BCUT2D eigenvalue weighted by molar-refractivity contribution is -0.141. The summed E-state index contributed by atoms with van der Waals surface area (Å²) in [4.78, 5) is 36.7. The van der Waals surface area contributed by atoms with E-state index in [4.69, 9.17) is 11.6 Å². The Hall–Kier alpha value is -3.12. The van der Waals surface area contributed by atoms with Gasteiger partial charge in [0.15, 0.2) is 0 Å². The number of benzene rings is 2. The minimum absolute atomic E-state index is 0.0553. The second-order valence-electron chi connectivity index (χ2n) is 6.58. The van der Waals surface area contributed by atoms with Crippen LogP contribution in [0.5, 0.6) is 0 Å². The number of aliphatic carboxylic acids is 1. The van der Waals surface area contributed by atoms with Crippen LogP contribution < -0.4 is 10.6 Å². The molecule has 1 atom stereocenters. The van der Waals surface area contributed by atoms with Crippen molar-refractivity contribution in [1.29, 1.82) is 0 Å². The van der Waals surface area contributed by atoms with E-state index >= 15 is 0 Å². The maximum Gasteiger partial charge on any atom is 0.326 e. The van der Waals surface area contributed by atoms with E-state index in [1.165, 1.54) is 6.08 Å². The van der Waals surface area contributed by atoms with Crippen molar-refractivity contribution in [2.75, 3.05) is 0 Å². The Labute approximate surface area is 174 Å². The van der Waals surface area contributed by atoms with Crippen molar-refractivity contribution in [3.8, 4) is 0 Å². The number of halogens is 1. The van der Waals surface area contributed by atoms with Crippen molar-refractivity contribution in [1.82, 2.24) is 10.6 Å². The van der Waals surface area contributed by atoms with Crippen LogP contribution in [0.1, 0.15) is 41.3 Å². The van der Waals surface area contributed by atoms with Crippen molar-refractivity contribution < 1.29 is 19.5 Å². The first-order chi connectivity index (χ1) is 13.8. The van der Waals surface area contributed by atoms with Crippen LogP contribution >= 0.6 is 11.6 Å². The second-order valence-corrected chi connectivity index (χ2v) is 7.02. The topological polar surface area (TPSA) is 95.5 Å². The first-order valence-corrected chi connectivity index (χ1v) is 9.57. The number of hydrogen-bond donors (Lipinski definition) is 3. The minimum Gasteiger partial charge on any atom is -0.480 e. The van der Waals surface area contributed by atoms with Gasteiger partial charge in [0.1, 0.15) is 11.7 Å². The Morgan fingerprint density at radius 1 is 1.07 bits per heavy atom. The van der Waals surface area contributed by atoms with Gasteiger partial charge in [-0.2, -0.15) is 0 Å². The zero-order valence-corrected chi connectivity index (χ0v) is 17.0. The van der Waals surface area contributed by atoms with Gasteiger partial charge in [0.25, 0.3) is 11.8 Å². The van der Waals surface area contributed by atoms with E-state index in [1.54, 1.807) is 48.5 Å². The Morgan fingerprint density at radius 2 is 1.69 bits per heavy atom. The van der Waals surface area contributed by atoms with Gasteiger partial charge >= 0.3 is 5.97 Å². The average molecular weight is 415 g/mol. The van der Waals surface area contributed by atoms with Crippen LogP contribution in [-0.2, 0) is 9.59 Å². The zero-order valence-electron chi connectivity index (χ0n) is 16.2. The molecule has 2 aromatic carbocycles. The molecule has 0 aliphatic rings. The highest BCUT2D eigenvalue weighted by atomic mass is 35.5. The molecule has 0 fully saturated rings. The average Bonchev–Trinajstić information content (AvgIpc) is 2.69. The number of carbonyl (C=O) groups is 3. The molecule has 7 heteroatoms. The molecule has 0 aliphatic heterocycles. The van der Waals surface area contributed by atoms with Crippen LogP contribution in [0.3, 0.4) is 0 Å². The fraction of sp³-hybridized carbons (Fsp3) is 0.227. The number of rotatable bonds is 8. The van der Waals surface area contributed by atoms with Gasteiger partial charge in [0.05, 0.1) is 0 Å². The van der Waals surface area contributed by atoms with Crippen LogP contribution in [0.4, 0.5) is 0 Å². The normalized spacial score (nSPS) is 12.2. The number of nitrogens with one attached hydrogen (secondary N) is 2. The molecule has 2 rings (SSSR count). The van der Waals surface area contributed by atoms with Crippen molar-refractivity contribution in [2.45, 2.75) is 32.7 Å². The summed E-state index contributed by atoms with van der Waals surface area (Å²) in [7, 11) is 0. The Bertz CT molecular complexity index is 905. The molecule has 0 saturated carbocycles. The summed E-state index contributed by atoms with van der Waals surface area (Å²) < 4.78 is 0. The molecule has 0 radical (unpaired) electrons. The number of carbonyl (C=O) groups excluding carboxylic acids is 2. The lowest BCUT2D eigenvalue weighted by Gasteiger charge is -2.16. The third-order valence-corrected chi connectivity index (χ3v) is 4.42. The molecular weight excluding hydrogens is 392 g/mol. The SMILES string of the molecule is CCC[C@H](NC(=O)/C(=C/c1ccc(Cl)cc1)NC(=O)c1ccc(C)cc1)C(=O)O. The molecule has 2 amide bonds. The second kappa shape index (κ2) is 10.4. The summed E-state index contributed by atoms with van der Waals surface area (Å²) in [6, 6.07) is 12.5. The van der Waals surface area contributed by atoms with Crippen LogP contribution in [-0.4, -0.2) is 28.9 Å². The standard InChI is InChI=1S/C22H23ClN2O4/c1-3-4-18(22(28)29)24-21(27)19(13-15-7-11-17(23)12-8-15)25-20(26)16-9-5-14(2)6-10-16/h5-13,18H,3-4H2,1-2H3,(H,24,27)(H,25,26)(H,28,29)/b19-13-/t18-/m0/s1. The van der Waals surface area contributed by atoms with Crippen LogP contribution in [0, 0.1) is 6.92 Å². The van der Waals surface area contributed by atoms with Crippen LogP contribution in [0.25, 0.3) is 6.08 Å². The largest absolute Gasteiger partial charge is 0.480 e. The van der Waals surface area contributed by atoms with Gasteiger partial charge in [-0.1, -0.05) is 54.8 Å². The van der Waals surface area contributed by atoms with Gasteiger partial charge in [-0.05, 0) is 49.2 Å². The Kier molecular flexibility index (Phi) is 7.98. The van der Waals surface area contributed by atoms with Crippen molar-refractivity contribution in [2.24, 2.45) is 0 Å². The smallest absolute Gasteiger partial charge is 0.326 e. The van der Waals surface area contributed by atoms with Gasteiger partial charge in [-0.15, -0.1) is 0 Å². The summed E-state index contributed by atoms with van der Waals surface area (Å²) in [6.07, 6.45) is 2.34. The Balaban J connectivity index is 2.30. The van der Waals surface area contributed by atoms with E-state index < -0.39 is 23.8 Å². The molecule has 29 heavy (non-hydrogen) atoms. The lowest BCUT2D eigenvalue weighted by atomic mass is 10.1. The van der Waals surface area contributed by atoms with E-state index in [9.17, 15) is 19.5 Å². The fourth-order valence-corrected chi connectivity index (χ4v) is 2.69. The summed E-state index contributed by atoms with van der Waals surface area (Å²) >= 11 is 5.89. The third kappa shape index (κ3) is 6.76. The Morgan fingerprint density at radius 3 is 2.24 bits per heavy atom. The van der Waals surface area contributed by atoms with Crippen molar-refractivity contribution >= 4 is 35.5 Å². The highest BCUT2D eigenvalue weighted by molar-refractivity contribution is 6.30. The lowest BCUT2D eigenvalue weighted by Crippen LogP contribution is -2.44. The molecule has 0 heterocycles. The summed E-state index contributed by atoms with van der Waals surface area (Å²) in [6.45, 7) is 3.73. The minimum atomic E-state index is -1.13. The number of hydrogen-bond acceptors (Lipinski definition) is 3. The van der Waals surface area contributed by atoms with Crippen molar-refractivity contribution in [3.63, 3.8) is 0 Å². The highest BCUT2D eigenvalue weighted by Gasteiger charge is 2.22. The maximum absolute atomic E-state index is 12.7. The third-order valence-electron chi connectivity index (χ3n) is 4.17. The first kappa shape index (κ1) is 22.2. The molecule has 3 N–H and O–H groups in total. The van der Waals surface area contributed by atoms with Gasteiger partial charge < -0.3 is 15.7 Å². The van der Waals surface area contributed by atoms with E-state index in [0.717, 1.165) is 5.56 Å². The zero-order chi connectivity index (χ0) is 21.4. The number of carboxylic acids is 1. The van der Waals surface area contributed by atoms with Crippen LogP contribution in [0.15, 0.2) is 54.2 Å². The first-order valence-electron chi connectivity index (χ1n) is 9.19. The molecule has 0 bridgehead atoms. The molecule has 2 aromatic rings. The molecule has 0 spiro atoms. The van der Waals surface area contributed by atoms with Crippen LogP contribution in [0.2, 0.25) is 5.02 Å². The quantitative estimate of drug-likeness (QED) is 0.572. The van der Waals surface area contributed by atoms with E-state index in [0.29, 0.717) is 22.6 Å². The monoisotopic (exact) mass is 414 g/mol. The molecule has 0 aromatic heterocycles. The van der Waals surface area contributed by atoms with Gasteiger partial charge in [-0.3, -0.25) is 9.59 Å².